The van der Waals surface area contributed by atoms with Crippen molar-refractivity contribution in [2.45, 2.75) is 50.5 Å². The van der Waals surface area contributed by atoms with E-state index in [1.807, 2.05) is 25.7 Å². The van der Waals surface area contributed by atoms with Crippen molar-refractivity contribution in [1.82, 2.24) is 24.4 Å². The zero-order valence-corrected chi connectivity index (χ0v) is 26.0. The third-order valence-electron chi connectivity index (χ3n) is 8.50. The summed E-state index contributed by atoms with van der Waals surface area (Å²) < 4.78 is 32.9. The van der Waals surface area contributed by atoms with E-state index in [-0.39, 0.29) is 34.8 Å². The van der Waals surface area contributed by atoms with Crippen LogP contribution in [0.15, 0.2) is 58.9 Å². The summed E-state index contributed by atoms with van der Waals surface area (Å²) in [7, 11) is 0. The van der Waals surface area contributed by atoms with Crippen LogP contribution in [0.2, 0.25) is 0 Å². The Labute approximate surface area is 258 Å². The molecule has 0 radical (unpaired) electrons. The number of halogens is 2. The third-order valence-corrected chi connectivity index (χ3v) is 9.28. The number of fused-ring (bicyclic) bond motifs is 1. The second-order valence-electron chi connectivity index (χ2n) is 11.7. The molecule has 1 aromatic carbocycles. The van der Waals surface area contributed by atoms with E-state index in [1.54, 1.807) is 35.6 Å². The van der Waals surface area contributed by atoms with E-state index in [2.05, 4.69) is 16.5 Å². The topological polar surface area (TPSA) is 84.2 Å². The highest BCUT2D eigenvalue weighted by atomic mass is 32.2. The van der Waals surface area contributed by atoms with Gasteiger partial charge < -0.3 is 9.80 Å². The molecular formula is C33H34F2N6O2S. The van der Waals surface area contributed by atoms with Gasteiger partial charge in [-0.1, -0.05) is 26.5 Å². The highest BCUT2D eigenvalue weighted by Crippen LogP contribution is 2.41. The molecule has 3 aromatic heterocycles. The fourth-order valence-corrected chi connectivity index (χ4v) is 6.79. The van der Waals surface area contributed by atoms with E-state index < -0.39 is 17.3 Å². The molecule has 6 rings (SSSR count). The van der Waals surface area contributed by atoms with Crippen LogP contribution < -0.4 is 10.6 Å². The number of aryl methyl sites for hydroxylation is 1. The average Bonchev–Trinajstić information content (AvgIpc) is 3.86. The second-order valence-corrected chi connectivity index (χ2v) is 12.5. The average molecular weight is 617 g/mol. The lowest BCUT2D eigenvalue weighted by Crippen LogP contribution is -2.56. The van der Waals surface area contributed by atoms with Crippen LogP contribution in [0.25, 0.3) is 28.0 Å². The molecule has 4 heterocycles. The van der Waals surface area contributed by atoms with Gasteiger partial charge in [0.05, 0.1) is 28.4 Å². The van der Waals surface area contributed by atoms with Crippen LogP contribution in [0.4, 0.5) is 14.6 Å². The van der Waals surface area contributed by atoms with Crippen molar-refractivity contribution in [3.05, 3.63) is 82.6 Å². The molecule has 0 N–H and O–H groups in total. The van der Waals surface area contributed by atoms with E-state index in [9.17, 15) is 9.59 Å². The van der Waals surface area contributed by atoms with Gasteiger partial charge in [-0.15, -0.1) is 11.8 Å². The quantitative estimate of drug-likeness (QED) is 0.189. The minimum Gasteiger partial charge on any atom is -0.349 e. The lowest BCUT2D eigenvalue weighted by molar-refractivity contribution is -0.126. The van der Waals surface area contributed by atoms with Crippen molar-refractivity contribution in [2.24, 2.45) is 5.92 Å². The van der Waals surface area contributed by atoms with Crippen molar-refractivity contribution >= 4 is 34.5 Å². The number of carbonyl (C=O) groups is 1. The highest BCUT2D eigenvalue weighted by molar-refractivity contribution is 7.98. The van der Waals surface area contributed by atoms with Gasteiger partial charge in [0.15, 0.2) is 11.5 Å². The fourth-order valence-electron chi connectivity index (χ4n) is 6.18. The Morgan fingerprint density at radius 1 is 1.14 bits per heavy atom. The Hall–Kier alpha value is -4.12. The standard InChI is InChI=1S/C33H34F2N6O2S/c1-6-26(42)39-14-15-40(24(17-39)20-10-11-20)31-21-16-23(35)29(27-22(34)8-7-9-25(27)44-5)37-32(21)41(33(43)38-31)30-19(4)12-13-36-28(30)18(2)3/h6-9,12-13,16,18,20,24H,1,10-11,14-15,17H2,2-5H3. The molecule has 1 aliphatic carbocycles. The molecule has 2 aliphatic rings. The first-order chi connectivity index (χ1) is 21.1. The maximum atomic E-state index is 16.2. The third kappa shape index (κ3) is 5.16. The monoisotopic (exact) mass is 616 g/mol. The number of piperazine rings is 1. The number of rotatable bonds is 7. The molecule has 1 saturated heterocycles. The predicted octanol–water partition coefficient (Wildman–Crippen LogP) is 5.89. The van der Waals surface area contributed by atoms with Crippen molar-refractivity contribution in [3.63, 3.8) is 0 Å². The van der Waals surface area contributed by atoms with Crippen LogP contribution in [0, 0.1) is 24.5 Å². The predicted molar refractivity (Wildman–Crippen MR) is 170 cm³/mol. The lowest BCUT2D eigenvalue weighted by Gasteiger charge is -2.42. The number of pyridine rings is 2. The molecule has 1 aliphatic heterocycles. The van der Waals surface area contributed by atoms with E-state index in [0.717, 1.165) is 18.4 Å². The summed E-state index contributed by atoms with van der Waals surface area (Å²) in [5.41, 5.74) is 1.41. The minimum absolute atomic E-state index is 0.0381. The molecule has 0 bridgehead atoms. The summed E-state index contributed by atoms with van der Waals surface area (Å²) in [5.74, 6) is -0.903. The molecule has 1 amide bonds. The second kappa shape index (κ2) is 11.8. The molecular weight excluding hydrogens is 582 g/mol. The maximum absolute atomic E-state index is 16.2. The Kier molecular flexibility index (Phi) is 8.00. The summed E-state index contributed by atoms with van der Waals surface area (Å²) >= 11 is 1.29. The van der Waals surface area contributed by atoms with Gasteiger partial charge in [0.2, 0.25) is 5.91 Å². The lowest BCUT2D eigenvalue weighted by atomic mass is 10.0. The number of aromatic nitrogens is 4. The van der Waals surface area contributed by atoms with Gasteiger partial charge in [-0.05, 0) is 73.8 Å². The molecule has 1 unspecified atom stereocenters. The van der Waals surface area contributed by atoms with Crippen LogP contribution in [0.5, 0.6) is 0 Å². The number of hydrogen-bond acceptors (Lipinski definition) is 7. The number of carbonyl (C=O) groups excluding carboxylic acids is 1. The van der Waals surface area contributed by atoms with Gasteiger partial charge in [0.1, 0.15) is 17.3 Å². The summed E-state index contributed by atoms with van der Waals surface area (Å²) in [6.07, 6.45) is 6.76. The smallest absolute Gasteiger partial charge is 0.349 e. The van der Waals surface area contributed by atoms with E-state index in [4.69, 9.17) is 4.98 Å². The molecule has 0 spiro atoms. The number of thioether (sulfide) groups is 1. The Morgan fingerprint density at radius 3 is 2.59 bits per heavy atom. The van der Waals surface area contributed by atoms with Crippen molar-refractivity contribution in [2.75, 3.05) is 30.8 Å². The summed E-state index contributed by atoms with van der Waals surface area (Å²) in [6, 6.07) is 7.58. The number of hydrogen-bond donors (Lipinski definition) is 0. The molecule has 2 fully saturated rings. The molecule has 11 heteroatoms. The number of benzene rings is 1. The largest absolute Gasteiger partial charge is 0.355 e. The Bertz CT molecular complexity index is 1850. The first kappa shape index (κ1) is 29.9. The zero-order chi connectivity index (χ0) is 31.3. The maximum Gasteiger partial charge on any atom is 0.355 e. The molecule has 1 atom stereocenters. The summed E-state index contributed by atoms with van der Waals surface area (Å²) in [5, 5.41) is 0.333. The van der Waals surface area contributed by atoms with Crippen LogP contribution >= 0.6 is 11.8 Å². The van der Waals surface area contributed by atoms with E-state index >= 15 is 8.78 Å². The van der Waals surface area contributed by atoms with Gasteiger partial charge in [0, 0.05) is 30.7 Å². The van der Waals surface area contributed by atoms with Crippen LogP contribution in [-0.2, 0) is 4.79 Å². The minimum atomic E-state index is -0.721. The summed E-state index contributed by atoms with van der Waals surface area (Å²) in [6.45, 7) is 10.7. The van der Waals surface area contributed by atoms with Gasteiger partial charge in [-0.2, -0.15) is 4.98 Å². The van der Waals surface area contributed by atoms with E-state index in [0.29, 0.717) is 53.0 Å². The number of anilines is 1. The van der Waals surface area contributed by atoms with Crippen molar-refractivity contribution in [1.29, 1.82) is 0 Å². The Balaban J connectivity index is 1.66. The van der Waals surface area contributed by atoms with Crippen molar-refractivity contribution in [3.8, 4) is 16.9 Å². The first-order valence-corrected chi connectivity index (χ1v) is 16.0. The normalized spacial score (nSPS) is 17.0. The number of amides is 1. The number of nitrogens with zero attached hydrogens (tertiary/aromatic N) is 6. The molecule has 4 aromatic rings. The molecule has 44 heavy (non-hydrogen) atoms. The summed E-state index contributed by atoms with van der Waals surface area (Å²) in [4.78, 5) is 44.9. The SMILES string of the molecule is C=CC(=O)N1CCN(c2nc(=O)n(-c3c(C)ccnc3C(C)C)c3nc(-c4c(F)cccc4SC)c(F)cc23)C(C2CC2)C1. The van der Waals surface area contributed by atoms with Crippen molar-refractivity contribution < 1.29 is 13.6 Å². The van der Waals surface area contributed by atoms with Gasteiger partial charge in [0.25, 0.3) is 0 Å². The highest BCUT2D eigenvalue weighted by Gasteiger charge is 2.41. The van der Waals surface area contributed by atoms with Gasteiger partial charge in [-0.3, -0.25) is 9.78 Å². The molecule has 1 saturated carbocycles. The van der Waals surface area contributed by atoms with Crippen LogP contribution in [0.1, 0.15) is 43.9 Å². The van der Waals surface area contributed by atoms with Crippen LogP contribution in [-0.4, -0.2) is 62.3 Å². The molecule has 228 valence electrons. The molecule has 8 nitrogen and oxygen atoms in total. The van der Waals surface area contributed by atoms with E-state index in [1.165, 1.54) is 34.5 Å². The fraction of sp³-hybridized carbons (Fsp3) is 0.364. The van der Waals surface area contributed by atoms with Gasteiger partial charge in [-0.25, -0.2) is 23.1 Å². The van der Waals surface area contributed by atoms with Gasteiger partial charge >= 0.3 is 5.69 Å². The first-order valence-electron chi connectivity index (χ1n) is 14.7. The Morgan fingerprint density at radius 2 is 1.91 bits per heavy atom. The zero-order valence-electron chi connectivity index (χ0n) is 25.2. The van der Waals surface area contributed by atoms with Crippen LogP contribution in [0.3, 0.4) is 0 Å².